The Hall–Kier alpha value is -2.48. The molecule has 0 bridgehead atoms. The van der Waals surface area contributed by atoms with Crippen molar-refractivity contribution in [2.75, 3.05) is 23.7 Å². The number of rotatable bonds is 9. The van der Waals surface area contributed by atoms with E-state index in [0.29, 0.717) is 0 Å². The fourth-order valence-corrected chi connectivity index (χ4v) is 5.21. The summed E-state index contributed by atoms with van der Waals surface area (Å²) in [5.74, 6) is 0.284. The van der Waals surface area contributed by atoms with Gasteiger partial charge in [0.15, 0.2) is 0 Å². The Bertz CT molecular complexity index is 1190. The van der Waals surface area contributed by atoms with Crippen LogP contribution in [-0.4, -0.2) is 39.8 Å². The summed E-state index contributed by atoms with van der Waals surface area (Å²) in [6, 6.07) is 17.1. The number of anilines is 1. The van der Waals surface area contributed by atoms with Gasteiger partial charge < -0.3 is 10.1 Å². The number of amides is 1. The van der Waals surface area contributed by atoms with Crippen LogP contribution in [-0.2, 0) is 14.8 Å². The first-order valence-electron chi connectivity index (χ1n) is 10.0. The summed E-state index contributed by atoms with van der Waals surface area (Å²) >= 11 is 12.1. The molecule has 0 aliphatic carbocycles. The van der Waals surface area contributed by atoms with E-state index < -0.39 is 22.0 Å². The molecule has 0 saturated carbocycles. The molecule has 6 nitrogen and oxygen atoms in total. The maximum Gasteiger partial charge on any atom is 0.244 e. The number of fused-ring (bicyclic) bond motifs is 1. The average Bonchev–Trinajstić information content (AvgIpc) is 2.73. The molecular weight excluding hydrogens is 471 g/mol. The highest BCUT2D eigenvalue weighted by atomic mass is 35.5. The van der Waals surface area contributed by atoms with E-state index in [0.717, 1.165) is 27.1 Å². The third kappa shape index (κ3) is 5.85. The zero-order valence-electron chi connectivity index (χ0n) is 17.7. The lowest BCUT2D eigenvalue weighted by molar-refractivity contribution is -0.122. The molecule has 3 aromatic carbocycles. The van der Waals surface area contributed by atoms with E-state index in [4.69, 9.17) is 27.9 Å². The summed E-state index contributed by atoms with van der Waals surface area (Å²) in [5, 5.41) is 5.36. The molecule has 170 valence electrons. The second-order valence-corrected chi connectivity index (χ2v) is 9.96. The van der Waals surface area contributed by atoms with Crippen molar-refractivity contribution in [3.63, 3.8) is 0 Å². The topological polar surface area (TPSA) is 75.7 Å². The number of sulfonamides is 1. The molecule has 0 fully saturated rings. The molecule has 3 aromatic rings. The van der Waals surface area contributed by atoms with Gasteiger partial charge in [0.2, 0.25) is 15.9 Å². The minimum atomic E-state index is -3.78. The number of hydrogen-bond acceptors (Lipinski definition) is 4. The van der Waals surface area contributed by atoms with Gasteiger partial charge in [-0.25, -0.2) is 8.42 Å². The number of halogens is 2. The third-order valence-electron chi connectivity index (χ3n) is 4.84. The van der Waals surface area contributed by atoms with Crippen LogP contribution in [0.4, 0.5) is 5.69 Å². The van der Waals surface area contributed by atoms with Crippen molar-refractivity contribution in [3.05, 3.63) is 70.7 Å². The Kier molecular flexibility index (Phi) is 7.87. The summed E-state index contributed by atoms with van der Waals surface area (Å²) in [5.41, 5.74) is 0.235. The smallest absolute Gasteiger partial charge is 0.244 e. The van der Waals surface area contributed by atoms with Gasteiger partial charge in [-0.05, 0) is 36.1 Å². The van der Waals surface area contributed by atoms with Crippen LogP contribution in [0.25, 0.3) is 10.8 Å². The quantitative estimate of drug-likeness (QED) is 0.429. The largest absolute Gasteiger partial charge is 0.491 e. The zero-order valence-corrected chi connectivity index (χ0v) is 20.0. The molecule has 0 spiro atoms. The molecular formula is C23H24Cl2N2O4S. The number of nitrogens with zero attached hydrogens (tertiary/aromatic N) is 1. The van der Waals surface area contributed by atoms with Gasteiger partial charge in [-0.1, -0.05) is 66.5 Å². The molecule has 0 aliphatic heterocycles. The number of nitrogens with one attached hydrogen (secondary N) is 1. The van der Waals surface area contributed by atoms with E-state index in [1.807, 2.05) is 42.5 Å². The standard InChI is InChI=1S/C23H24Cl2N2O4S/c1-3-21(27(32(2,29)30)19-14-17(24)13-18(25)15-19)23(28)26-11-12-31-22-10-6-8-16-7-4-5-9-20(16)22/h4-10,13-15,21H,3,11-12H2,1-2H3,(H,26,28). The Balaban J connectivity index is 1.70. The minimum Gasteiger partial charge on any atom is -0.491 e. The molecule has 0 aromatic heterocycles. The number of hydrogen-bond donors (Lipinski definition) is 1. The monoisotopic (exact) mass is 494 g/mol. The minimum absolute atomic E-state index is 0.215. The van der Waals surface area contributed by atoms with E-state index in [9.17, 15) is 13.2 Å². The molecule has 9 heteroatoms. The van der Waals surface area contributed by atoms with Crippen LogP contribution in [0.5, 0.6) is 5.75 Å². The van der Waals surface area contributed by atoms with Gasteiger partial charge in [0.1, 0.15) is 18.4 Å². The van der Waals surface area contributed by atoms with Crippen molar-refractivity contribution in [2.45, 2.75) is 19.4 Å². The summed E-state index contributed by atoms with van der Waals surface area (Å²) in [4.78, 5) is 12.9. The number of ether oxygens (including phenoxy) is 1. The Morgan fingerprint density at radius 3 is 2.38 bits per heavy atom. The molecule has 0 heterocycles. The van der Waals surface area contributed by atoms with Crippen molar-refractivity contribution >= 4 is 55.6 Å². The Morgan fingerprint density at radius 1 is 1.06 bits per heavy atom. The van der Waals surface area contributed by atoms with Crippen LogP contribution in [0, 0.1) is 0 Å². The average molecular weight is 495 g/mol. The number of carbonyl (C=O) groups is 1. The molecule has 1 unspecified atom stereocenters. The van der Waals surface area contributed by atoms with E-state index in [2.05, 4.69) is 5.32 Å². The van der Waals surface area contributed by atoms with Crippen molar-refractivity contribution < 1.29 is 17.9 Å². The normalized spacial score (nSPS) is 12.4. The highest BCUT2D eigenvalue weighted by Gasteiger charge is 2.31. The van der Waals surface area contributed by atoms with Crippen LogP contribution >= 0.6 is 23.2 Å². The lowest BCUT2D eigenvalue weighted by atomic mass is 10.1. The molecule has 3 rings (SSSR count). The first kappa shape index (κ1) is 24.2. The van der Waals surface area contributed by atoms with Gasteiger partial charge in [0.25, 0.3) is 0 Å². The summed E-state index contributed by atoms with van der Waals surface area (Å²) in [6.07, 6.45) is 1.30. The Morgan fingerprint density at radius 2 is 1.72 bits per heavy atom. The second kappa shape index (κ2) is 10.4. The van der Waals surface area contributed by atoms with E-state index in [1.165, 1.54) is 18.2 Å². The van der Waals surface area contributed by atoms with Crippen molar-refractivity contribution in [1.82, 2.24) is 5.32 Å². The molecule has 0 radical (unpaired) electrons. The van der Waals surface area contributed by atoms with Crippen molar-refractivity contribution in [1.29, 1.82) is 0 Å². The lowest BCUT2D eigenvalue weighted by Crippen LogP contribution is -2.50. The van der Waals surface area contributed by atoms with E-state index >= 15 is 0 Å². The maximum atomic E-state index is 12.9. The lowest BCUT2D eigenvalue weighted by Gasteiger charge is -2.30. The van der Waals surface area contributed by atoms with E-state index in [1.54, 1.807) is 6.92 Å². The molecule has 1 amide bonds. The summed E-state index contributed by atoms with van der Waals surface area (Å²) in [6.45, 7) is 2.19. The summed E-state index contributed by atoms with van der Waals surface area (Å²) < 4.78 is 32.0. The number of benzene rings is 3. The number of carbonyl (C=O) groups excluding carboxylic acids is 1. The SMILES string of the molecule is CCC(C(=O)NCCOc1cccc2ccccc12)N(c1cc(Cl)cc(Cl)c1)S(C)(=O)=O. The zero-order chi connectivity index (χ0) is 23.3. The third-order valence-corrected chi connectivity index (χ3v) is 6.46. The van der Waals surface area contributed by atoms with Gasteiger partial charge in [0, 0.05) is 15.4 Å². The first-order valence-corrected chi connectivity index (χ1v) is 12.6. The fraction of sp³-hybridized carbons (Fsp3) is 0.261. The van der Waals surface area contributed by atoms with E-state index in [-0.39, 0.29) is 35.3 Å². The molecule has 1 N–H and O–H groups in total. The van der Waals surface area contributed by atoms with Crippen LogP contribution < -0.4 is 14.4 Å². The molecule has 1 atom stereocenters. The fourth-order valence-electron chi connectivity index (χ4n) is 3.50. The maximum absolute atomic E-state index is 12.9. The predicted molar refractivity (Wildman–Crippen MR) is 130 cm³/mol. The predicted octanol–water partition coefficient (Wildman–Crippen LogP) is 4.89. The Labute approximate surface area is 198 Å². The van der Waals surface area contributed by atoms with Crippen LogP contribution in [0.2, 0.25) is 10.0 Å². The van der Waals surface area contributed by atoms with Crippen LogP contribution in [0.15, 0.2) is 60.7 Å². The van der Waals surface area contributed by atoms with Crippen molar-refractivity contribution in [3.8, 4) is 5.75 Å². The summed E-state index contributed by atoms with van der Waals surface area (Å²) in [7, 11) is -3.78. The van der Waals surface area contributed by atoms with Gasteiger partial charge in [0.05, 0.1) is 18.5 Å². The van der Waals surface area contributed by atoms with Crippen molar-refractivity contribution in [2.24, 2.45) is 0 Å². The second-order valence-electron chi connectivity index (χ2n) is 7.23. The molecule has 32 heavy (non-hydrogen) atoms. The first-order chi connectivity index (χ1) is 15.2. The molecule has 0 saturated heterocycles. The van der Waals surface area contributed by atoms with Gasteiger partial charge in [-0.2, -0.15) is 0 Å². The highest BCUT2D eigenvalue weighted by molar-refractivity contribution is 7.92. The van der Waals surface area contributed by atoms with Gasteiger partial charge >= 0.3 is 0 Å². The van der Waals surface area contributed by atoms with Crippen LogP contribution in [0.1, 0.15) is 13.3 Å². The molecule has 0 aliphatic rings. The highest BCUT2D eigenvalue weighted by Crippen LogP contribution is 2.29. The van der Waals surface area contributed by atoms with Crippen LogP contribution in [0.3, 0.4) is 0 Å². The van der Waals surface area contributed by atoms with Gasteiger partial charge in [-0.3, -0.25) is 9.10 Å². The van der Waals surface area contributed by atoms with Gasteiger partial charge in [-0.15, -0.1) is 0 Å².